The zero-order chi connectivity index (χ0) is 22.3. The molecule has 4 rings (SSSR count). The summed E-state index contributed by atoms with van der Waals surface area (Å²) < 4.78 is 67.1. The van der Waals surface area contributed by atoms with Crippen molar-refractivity contribution >= 4 is 20.0 Å². The first kappa shape index (κ1) is 22.6. The van der Waals surface area contributed by atoms with Crippen LogP contribution in [0.5, 0.6) is 0 Å². The normalized spacial score (nSPS) is 24.5. The fourth-order valence-electron chi connectivity index (χ4n) is 4.26. The molecule has 0 saturated carbocycles. The maximum atomic E-state index is 13.9. The Morgan fingerprint density at radius 2 is 1.58 bits per heavy atom. The molecule has 170 valence electrons. The molecule has 0 spiro atoms. The van der Waals surface area contributed by atoms with Crippen LogP contribution in [0.1, 0.15) is 25.8 Å². The van der Waals surface area contributed by atoms with E-state index in [1.807, 2.05) is 0 Å². The summed E-state index contributed by atoms with van der Waals surface area (Å²) in [6, 6.07) is 6.36. The van der Waals surface area contributed by atoms with E-state index in [2.05, 4.69) is 0 Å². The van der Waals surface area contributed by atoms with Gasteiger partial charge in [0, 0.05) is 18.7 Å². The van der Waals surface area contributed by atoms with Gasteiger partial charge in [-0.3, -0.25) is 0 Å². The van der Waals surface area contributed by atoms with Crippen molar-refractivity contribution in [1.29, 1.82) is 0 Å². The van der Waals surface area contributed by atoms with Crippen molar-refractivity contribution in [2.24, 2.45) is 0 Å². The Bertz CT molecular complexity index is 1090. The first-order chi connectivity index (χ1) is 14.6. The molecule has 2 aliphatic heterocycles. The number of nitrogens with zero attached hydrogens (tertiary/aromatic N) is 2. The van der Waals surface area contributed by atoms with Gasteiger partial charge in [0.15, 0.2) is 0 Å². The molecule has 2 saturated heterocycles. The highest BCUT2D eigenvalue weighted by Gasteiger charge is 2.50. The smallest absolute Gasteiger partial charge is 0.245 e. The van der Waals surface area contributed by atoms with E-state index in [9.17, 15) is 16.8 Å². The highest BCUT2D eigenvalue weighted by molar-refractivity contribution is 7.91. The van der Waals surface area contributed by atoms with E-state index < -0.39 is 30.3 Å². The van der Waals surface area contributed by atoms with Crippen molar-refractivity contribution in [1.82, 2.24) is 8.61 Å². The maximum absolute atomic E-state index is 13.9. The van der Waals surface area contributed by atoms with Gasteiger partial charge in [0.25, 0.3) is 0 Å². The van der Waals surface area contributed by atoms with Gasteiger partial charge in [-0.25, -0.2) is 16.8 Å². The number of ether oxygens (including phenoxy) is 2. The second kappa shape index (κ2) is 8.09. The van der Waals surface area contributed by atoms with E-state index in [0.717, 1.165) is 0 Å². The fourth-order valence-corrected chi connectivity index (χ4v) is 8.30. The average Bonchev–Trinajstić information content (AvgIpc) is 3.14. The van der Waals surface area contributed by atoms with E-state index in [4.69, 9.17) is 9.47 Å². The lowest BCUT2D eigenvalue weighted by atomic mass is 9.93. The maximum Gasteiger partial charge on any atom is 0.245 e. The number of allylic oxidation sites excluding steroid dienone is 2. The van der Waals surface area contributed by atoms with Crippen molar-refractivity contribution in [3.63, 3.8) is 0 Å². The lowest BCUT2D eigenvalue weighted by molar-refractivity contribution is 0.0723. The van der Waals surface area contributed by atoms with Crippen LogP contribution in [0.25, 0.3) is 0 Å². The Labute approximate surface area is 184 Å². The molecule has 0 aromatic heterocycles. The van der Waals surface area contributed by atoms with Gasteiger partial charge < -0.3 is 9.47 Å². The van der Waals surface area contributed by atoms with Crippen molar-refractivity contribution in [2.75, 3.05) is 39.6 Å². The lowest BCUT2D eigenvalue weighted by Crippen LogP contribution is -2.50. The Hall–Kier alpha value is -1.56. The highest BCUT2D eigenvalue weighted by Crippen LogP contribution is 2.43. The van der Waals surface area contributed by atoms with Gasteiger partial charge in [-0.05, 0) is 26.3 Å². The van der Waals surface area contributed by atoms with E-state index in [0.29, 0.717) is 19.6 Å². The minimum Gasteiger partial charge on any atom is -0.379 e. The molecule has 2 fully saturated rings. The van der Waals surface area contributed by atoms with Gasteiger partial charge in [0.05, 0.1) is 30.3 Å². The lowest BCUT2D eigenvalue weighted by Gasteiger charge is -2.38. The summed E-state index contributed by atoms with van der Waals surface area (Å²) >= 11 is 0. The number of morpholine rings is 1. The summed E-state index contributed by atoms with van der Waals surface area (Å²) in [5.41, 5.74) is -0.517. The Kier molecular flexibility index (Phi) is 5.91. The quantitative estimate of drug-likeness (QED) is 0.612. The third-order valence-corrected chi connectivity index (χ3v) is 10.4. The number of sulfonamides is 2. The third-order valence-electron chi connectivity index (χ3n) is 5.95. The van der Waals surface area contributed by atoms with Gasteiger partial charge in [-0.15, -0.1) is 0 Å². The Morgan fingerprint density at radius 3 is 2.19 bits per heavy atom. The van der Waals surface area contributed by atoms with E-state index in [1.54, 1.807) is 56.4 Å². The third kappa shape index (κ3) is 3.69. The molecule has 3 aliphatic rings. The number of hydrogen-bond donors (Lipinski definition) is 0. The molecule has 0 amide bonds. The van der Waals surface area contributed by atoms with Crippen molar-refractivity contribution in [2.45, 2.75) is 35.4 Å². The molecule has 0 N–H and O–H groups in total. The summed E-state index contributed by atoms with van der Waals surface area (Å²) in [5, 5.41) is 0. The van der Waals surface area contributed by atoms with Crippen LogP contribution in [0, 0.1) is 0 Å². The largest absolute Gasteiger partial charge is 0.379 e. The van der Waals surface area contributed by atoms with Gasteiger partial charge >= 0.3 is 0 Å². The second-order valence-electron chi connectivity index (χ2n) is 8.49. The van der Waals surface area contributed by atoms with Gasteiger partial charge in [-0.2, -0.15) is 8.61 Å². The summed E-state index contributed by atoms with van der Waals surface area (Å²) in [6.45, 7) is 4.86. The molecule has 2 heterocycles. The molecular formula is C21H28N2O6S2. The van der Waals surface area contributed by atoms with E-state index in [1.165, 1.54) is 14.7 Å². The summed E-state index contributed by atoms with van der Waals surface area (Å²) in [7, 11) is -7.99. The number of hydrogen-bond acceptors (Lipinski definition) is 6. The predicted octanol–water partition coefficient (Wildman–Crippen LogP) is 1.82. The Morgan fingerprint density at radius 1 is 0.935 bits per heavy atom. The van der Waals surface area contributed by atoms with Crippen LogP contribution >= 0.6 is 0 Å². The highest BCUT2D eigenvalue weighted by atomic mass is 32.2. The monoisotopic (exact) mass is 468 g/mol. The van der Waals surface area contributed by atoms with Gasteiger partial charge in [0.1, 0.15) is 11.5 Å². The first-order valence-corrected chi connectivity index (χ1v) is 13.1. The zero-order valence-corrected chi connectivity index (χ0v) is 19.4. The minimum atomic E-state index is -4.02. The molecule has 0 unspecified atom stereocenters. The van der Waals surface area contributed by atoms with E-state index >= 15 is 0 Å². The topological polar surface area (TPSA) is 93.2 Å². The van der Waals surface area contributed by atoms with Crippen LogP contribution in [0.2, 0.25) is 0 Å². The number of benzene rings is 1. The van der Waals surface area contributed by atoms with Crippen LogP contribution < -0.4 is 0 Å². The molecule has 10 heteroatoms. The minimum absolute atomic E-state index is 0.0263. The molecule has 1 aromatic rings. The molecule has 8 nitrogen and oxygen atoms in total. The SMILES string of the molecule is CC1(C)COCN1S(=O)(=O)c1ccccc1C1(S(=O)(=O)N2CCOCC2)C=CCC=C1. The zero-order valence-electron chi connectivity index (χ0n) is 17.7. The predicted molar refractivity (Wildman–Crippen MR) is 116 cm³/mol. The average molecular weight is 469 g/mol. The Balaban J connectivity index is 1.91. The van der Waals surface area contributed by atoms with Crippen LogP contribution in [-0.4, -0.2) is 70.6 Å². The first-order valence-electron chi connectivity index (χ1n) is 10.3. The van der Waals surface area contributed by atoms with Crippen molar-refractivity contribution < 1.29 is 26.3 Å². The van der Waals surface area contributed by atoms with Crippen LogP contribution in [0.4, 0.5) is 0 Å². The summed E-state index contributed by atoms with van der Waals surface area (Å²) in [6.07, 6.45) is 7.34. The van der Waals surface area contributed by atoms with Crippen LogP contribution in [0.3, 0.4) is 0 Å². The van der Waals surface area contributed by atoms with Crippen molar-refractivity contribution in [3.8, 4) is 0 Å². The molecule has 0 radical (unpaired) electrons. The van der Waals surface area contributed by atoms with E-state index in [-0.39, 0.29) is 36.9 Å². The molecule has 1 aliphatic carbocycles. The summed E-state index contributed by atoms with van der Waals surface area (Å²) in [5.74, 6) is 0. The van der Waals surface area contributed by atoms with Crippen LogP contribution in [-0.2, 0) is 34.3 Å². The molecule has 0 atom stereocenters. The van der Waals surface area contributed by atoms with Crippen LogP contribution in [0.15, 0.2) is 53.5 Å². The molecule has 0 bridgehead atoms. The fraction of sp³-hybridized carbons (Fsp3) is 0.524. The molecule has 31 heavy (non-hydrogen) atoms. The van der Waals surface area contributed by atoms with Gasteiger partial charge in [0.2, 0.25) is 20.0 Å². The standard InChI is InChI=1S/C21H28N2O6S2/c1-20(2)16-29-17-23(20)30(24,25)19-9-5-4-8-18(19)21(10-6-3-7-11-21)31(26,27)22-12-14-28-15-13-22/h4-11H,3,12-17H2,1-2H3. The number of rotatable bonds is 5. The second-order valence-corrected chi connectivity index (χ2v) is 12.5. The molecular weight excluding hydrogens is 440 g/mol. The van der Waals surface area contributed by atoms with Crippen molar-refractivity contribution in [3.05, 3.63) is 54.1 Å². The summed E-state index contributed by atoms with van der Waals surface area (Å²) in [4.78, 5) is -0.0263. The molecule has 1 aromatic carbocycles. The van der Waals surface area contributed by atoms with Gasteiger partial charge in [-0.1, -0.05) is 42.5 Å².